The SMILES string of the molecule is O=C1[C@@H]2CC=CC[C@@H]2N=C2CCCCN12. The lowest BCUT2D eigenvalue weighted by Crippen LogP contribution is -2.51. The van der Waals surface area contributed by atoms with Gasteiger partial charge in [-0.2, -0.15) is 0 Å². The first-order chi connectivity index (χ1) is 7.36. The van der Waals surface area contributed by atoms with Crippen LogP contribution in [0.2, 0.25) is 0 Å². The van der Waals surface area contributed by atoms with Crippen molar-refractivity contribution in [1.29, 1.82) is 0 Å². The monoisotopic (exact) mass is 204 g/mol. The Hall–Kier alpha value is -1.12. The number of nitrogens with zero attached hydrogens (tertiary/aromatic N) is 2. The Labute approximate surface area is 89.9 Å². The number of fused-ring (bicyclic) bond motifs is 2. The van der Waals surface area contributed by atoms with E-state index in [9.17, 15) is 4.79 Å². The van der Waals surface area contributed by atoms with Crippen LogP contribution < -0.4 is 0 Å². The lowest BCUT2D eigenvalue weighted by molar-refractivity contribution is -0.133. The van der Waals surface area contributed by atoms with E-state index in [-0.39, 0.29) is 12.0 Å². The Morgan fingerprint density at radius 3 is 3.07 bits per heavy atom. The summed E-state index contributed by atoms with van der Waals surface area (Å²) in [6.45, 7) is 0.893. The van der Waals surface area contributed by atoms with Crippen LogP contribution in [0.5, 0.6) is 0 Å². The standard InChI is InChI=1S/C12H16N2O/c15-12-9-5-1-2-6-10(9)13-11-7-3-4-8-14(11)12/h1-2,9-10H,3-8H2/t9-,10+/m1/s1. The van der Waals surface area contributed by atoms with Gasteiger partial charge in [0.05, 0.1) is 12.0 Å². The second kappa shape index (κ2) is 3.47. The molecule has 1 saturated heterocycles. The van der Waals surface area contributed by atoms with Crippen LogP contribution in [0.1, 0.15) is 32.1 Å². The predicted molar refractivity (Wildman–Crippen MR) is 58.7 cm³/mol. The van der Waals surface area contributed by atoms with Gasteiger partial charge >= 0.3 is 0 Å². The number of carbonyl (C=O) groups excluding carboxylic acids is 1. The maximum atomic E-state index is 12.2. The number of rotatable bonds is 0. The number of amides is 1. The van der Waals surface area contributed by atoms with Gasteiger partial charge in [-0.25, -0.2) is 0 Å². The molecule has 3 heteroatoms. The highest BCUT2D eigenvalue weighted by Crippen LogP contribution is 2.30. The fourth-order valence-corrected chi connectivity index (χ4v) is 2.79. The molecule has 0 radical (unpaired) electrons. The average Bonchev–Trinajstić information content (AvgIpc) is 2.30. The van der Waals surface area contributed by atoms with Gasteiger partial charge in [0.15, 0.2) is 0 Å². The van der Waals surface area contributed by atoms with E-state index in [4.69, 9.17) is 4.99 Å². The van der Waals surface area contributed by atoms with Gasteiger partial charge in [-0.1, -0.05) is 12.2 Å². The van der Waals surface area contributed by atoms with Crippen molar-refractivity contribution in [3.05, 3.63) is 12.2 Å². The predicted octanol–water partition coefficient (Wildman–Crippen LogP) is 1.75. The van der Waals surface area contributed by atoms with Crippen LogP contribution in [0.25, 0.3) is 0 Å². The summed E-state index contributed by atoms with van der Waals surface area (Å²) in [7, 11) is 0. The zero-order chi connectivity index (χ0) is 10.3. The van der Waals surface area contributed by atoms with Crippen LogP contribution in [-0.4, -0.2) is 29.2 Å². The van der Waals surface area contributed by atoms with Gasteiger partial charge in [0.2, 0.25) is 5.91 Å². The van der Waals surface area contributed by atoms with Gasteiger partial charge in [-0.3, -0.25) is 9.79 Å². The normalized spacial score (nSPS) is 34.5. The summed E-state index contributed by atoms with van der Waals surface area (Å²) in [4.78, 5) is 18.9. The average molecular weight is 204 g/mol. The molecule has 2 atom stereocenters. The molecule has 3 rings (SSSR count). The van der Waals surface area contributed by atoms with Crippen molar-refractivity contribution in [3.63, 3.8) is 0 Å². The van der Waals surface area contributed by atoms with Crippen molar-refractivity contribution >= 4 is 11.7 Å². The second-order valence-corrected chi connectivity index (χ2v) is 4.61. The molecule has 2 heterocycles. The van der Waals surface area contributed by atoms with Crippen LogP contribution >= 0.6 is 0 Å². The molecule has 0 spiro atoms. The lowest BCUT2D eigenvalue weighted by atomic mass is 9.86. The van der Waals surface area contributed by atoms with Gasteiger partial charge in [0, 0.05) is 13.0 Å². The molecule has 0 aromatic heterocycles. The number of carbonyl (C=O) groups is 1. The minimum atomic E-state index is 0.136. The fraction of sp³-hybridized carbons (Fsp3) is 0.667. The highest BCUT2D eigenvalue weighted by molar-refractivity contribution is 6.02. The van der Waals surface area contributed by atoms with E-state index in [1.807, 2.05) is 4.90 Å². The minimum Gasteiger partial charge on any atom is -0.300 e. The molecule has 3 nitrogen and oxygen atoms in total. The van der Waals surface area contributed by atoms with Gasteiger partial charge in [-0.05, 0) is 25.7 Å². The molecular formula is C12H16N2O. The van der Waals surface area contributed by atoms with E-state index in [0.717, 1.165) is 38.1 Å². The third-order valence-electron chi connectivity index (χ3n) is 3.64. The lowest BCUT2D eigenvalue weighted by Gasteiger charge is -2.39. The van der Waals surface area contributed by atoms with E-state index in [1.54, 1.807) is 0 Å². The molecule has 0 aromatic rings. The summed E-state index contributed by atoms with van der Waals surface area (Å²) >= 11 is 0. The number of hydrogen-bond donors (Lipinski definition) is 0. The van der Waals surface area contributed by atoms with Crippen LogP contribution in [0.4, 0.5) is 0 Å². The fourth-order valence-electron chi connectivity index (χ4n) is 2.79. The number of piperidine rings is 1. The molecule has 0 unspecified atom stereocenters. The summed E-state index contributed by atoms with van der Waals surface area (Å²) in [5.41, 5.74) is 0. The molecular weight excluding hydrogens is 188 g/mol. The molecule has 1 fully saturated rings. The number of amidine groups is 1. The molecule has 1 amide bonds. The maximum Gasteiger partial charge on any atom is 0.233 e. The molecule has 1 aliphatic carbocycles. The molecule has 15 heavy (non-hydrogen) atoms. The maximum absolute atomic E-state index is 12.2. The molecule has 0 saturated carbocycles. The Kier molecular flexibility index (Phi) is 2.11. The van der Waals surface area contributed by atoms with Crippen LogP contribution in [0, 0.1) is 5.92 Å². The largest absolute Gasteiger partial charge is 0.300 e. The second-order valence-electron chi connectivity index (χ2n) is 4.61. The van der Waals surface area contributed by atoms with E-state index in [1.165, 1.54) is 6.42 Å². The zero-order valence-electron chi connectivity index (χ0n) is 8.85. The highest BCUT2D eigenvalue weighted by Gasteiger charge is 2.38. The van der Waals surface area contributed by atoms with E-state index in [2.05, 4.69) is 12.2 Å². The quantitative estimate of drug-likeness (QED) is 0.553. The van der Waals surface area contributed by atoms with E-state index >= 15 is 0 Å². The molecule has 2 aliphatic heterocycles. The summed E-state index contributed by atoms with van der Waals surface area (Å²) in [6, 6.07) is 0.242. The molecule has 0 bridgehead atoms. The van der Waals surface area contributed by atoms with Gasteiger partial charge in [0.1, 0.15) is 5.84 Å². The topological polar surface area (TPSA) is 32.7 Å². The minimum absolute atomic E-state index is 0.136. The van der Waals surface area contributed by atoms with Crippen LogP contribution in [0.15, 0.2) is 17.1 Å². The third-order valence-corrected chi connectivity index (χ3v) is 3.64. The summed E-state index contributed by atoms with van der Waals surface area (Å²) in [5, 5.41) is 0. The van der Waals surface area contributed by atoms with Crippen molar-refractivity contribution in [2.45, 2.75) is 38.1 Å². The van der Waals surface area contributed by atoms with Crippen molar-refractivity contribution in [3.8, 4) is 0 Å². The molecule has 3 aliphatic rings. The Bertz CT molecular complexity index is 346. The molecule has 80 valence electrons. The highest BCUT2D eigenvalue weighted by atomic mass is 16.2. The third kappa shape index (κ3) is 1.41. The summed E-state index contributed by atoms with van der Waals surface area (Å²) in [6.07, 6.45) is 9.46. The Balaban J connectivity index is 1.94. The van der Waals surface area contributed by atoms with Crippen LogP contribution in [-0.2, 0) is 4.79 Å². The number of aliphatic imine (C=N–C) groups is 1. The van der Waals surface area contributed by atoms with Gasteiger partial charge < -0.3 is 4.90 Å². The molecule has 0 aromatic carbocycles. The van der Waals surface area contributed by atoms with Crippen molar-refractivity contribution in [2.24, 2.45) is 10.9 Å². The van der Waals surface area contributed by atoms with Crippen molar-refractivity contribution in [1.82, 2.24) is 4.90 Å². The van der Waals surface area contributed by atoms with Gasteiger partial charge in [-0.15, -0.1) is 0 Å². The first-order valence-electron chi connectivity index (χ1n) is 5.89. The van der Waals surface area contributed by atoms with E-state index in [0.29, 0.717) is 5.91 Å². The smallest absolute Gasteiger partial charge is 0.233 e. The zero-order valence-corrected chi connectivity index (χ0v) is 8.85. The Morgan fingerprint density at radius 1 is 1.27 bits per heavy atom. The molecule has 0 N–H and O–H groups in total. The van der Waals surface area contributed by atoms with Crippen LogP contribution in [0.3, 0.4) is 0 Å². The summed E-state index contributed by atoms with van der Waals surface area (Å²) in [5.74, 6) is 1.52. The van der Waals surface area contributed by atoms with Crippen molar-refractivity contribution < 1.29 is 4.79 Å². The van der Waals surface area contributed by atoms with E-state index < -0.39 is 0 Å². The van der Waals surface area contributed by atoms with Gasteiger partial charge in [0.25, 0.3) is 0 Å². The van der Waals surface area contributed by atoms with Crippen molar-refractivity contribution in [2.75, 3.05) is 6.54 Å². The Morgan fingerprint density at radius 2 is 2.13 bits per heavy atom. The number of allylic oxidation sites excluding steroid dienone is 1. The number of hydrogen-bond acceptors (Lipinski definition) is 2. The first-order valence-corrected chi connectivity index (χ1v) is 5.89. The summed E-state index contributed by atoms with van der Waals surface area (Å²) < 4.78 is 0. The first kappa shape index (κ1) is 9.13.